The molecule has 2 heterocycles. The first-order valence-corrected chi connectivity index (χ1v) is 7.51. The molecule has 1 N–H and O–H groups in total. The Morgan fingerprint density at radius 2 is 2.19 bits per heavy atom. The third kappa shape index (κ3) is 3.79. The summed E-state index contributed by atoms with van der Waals surface area (Å²) in [5.74, 6) is 0. The largest absolute Gasteiger partial charge is 0.370 e. The number of aromatic nitrogens is 2. The Bertz CT molecular complexity index is 593. The standard InChI is InChI=1S/C17H22N4/c1-13-8-17(15(10-19-13)11-20-16-5-6-16)21(2)12-14-4-3-7-18-9-14/h3-4,7-10,16,20H,5-6,11-12H2,1-2H3. The van der Waals surface area contributed by atoms with Crippen molar-refractivity contribution in [2.75, 3.05) is 11.9 Å². The minimum Gasteiger partial charge on any atom is -0.370 e. The summed E-state index contributed by atoms with van der Waals surface area (Å²) in [6.45, 7) is 3.79. The van der Waals surface area contributed by atoms with Crippen molar-refractivity contribution >= 4 is 5.69 Å². The molecule has 1 fully saturated rings. The molecule has 0 bridgehead atoms. The van der Waals surface area contributed by atoms with Gasteiger partial charge in [-0.25, -0.2) is 0 Å². The summed E-state index contributed by atoms with van der Waals surface area (Å²) in [6.07, 6.45) is 8.35. The van der Waals surface area contributed by atoms with Crippen LogP contribution in [-0.4, -0.2) is 23.1 Å². The van der Waals surface area contributed by atoms with E-state index in [1.165, 1.54) is 29.7 Å². The van der Waals surface area contributed by atoms with Crippen LogP contribution >= 0.6 is 0 Å². The van der Waals surface area contributed by atoms with E-state index in [0.717, 1.165) is 18.8 Å². The fraction of sp³-hybridized carbons (Fsp3) is 0.412. The predicted molar refractivity (Wildman–Crippen MR) is 85.2 cm³/mol. The van der Waals surface area contributed by atoms with Crippen molar-refractivity contribution in [3.63, 3.8) is 0 Å². The number of hydrogen-bond acceptors (Lipinski definition) is 4. The average molecular weight is 282 g/mol. The second-order valence-corrected chi connectivity index (χ2v) is 5.83. The lowest BCUT2D eigenvalue weighted by atomic mass is 10.1. The van der Waals surface area contributed by atoms with Crippen LogP contribution in [0.4, 0.5) is 5.69 Å². The fourth-order valence-corrected chi connectivity index (χ4v) is 2.46. The lowest BCUT2D eigenvalue weighted by Gasteiger charge is -2.23. The van der Waals surface area contributed by atoms with Crippen molar-refractivity contribution in [1.82, 2.24) is 15.3 Å². The van der Waals surface area contributed by atoms with Gasteiger partial charge in [-0.1, -0.05) is 6.07 Å². The van der Waals surface area contributed by atoms with Crippen LogP contribution in [0.3, 0.4) is 0 Å². The highest BCUT2D eigenvalue weighted by atomic mass is 15.1. The Hall–Kier alpha value is -1.94. The lowest BCUT2D eigenvalue weighted by molar-refractivity contribution is 0.683. The van der Waals surface area contributed by atoms with Gasteiger partial charge in [-0.15, -0.1) is 0 Å². The van der Waals surface area contributed by atoms with E-state index in [1.54, 1.807) is 0 Å². The SMILES string of the molecule is Cc1cc(N(C)Cc2cccnc2)c(CNC2CC2)cn1. The van der Waals surface area contributed by atoms with E-state index >= 15 is 0 Å². The molecular formula is C17H22N4. The Kier molecular flexibility index (Phi) is 4.15. The summed E-state index contributed by atoms with van der Waals surface area (Å²) in [7, 11) is 2.13. The number of pyridine rings is 2. The zero-order chi connectivity index (χ0) is 14.7. The molecule has 4 heteroatoms. The van der Waals surface area contributed by atoms with Gasteiger partial charge in [-0.3, -0.25) is 9.97 Å². The highest BCUT2D eigenvalue weighted by Crippen LogP contribution is 2.24. The molecule has 1 aliphatic rings. The molecule has 0 saturated heterocycles. The average Bonchev–Trinajstić information content (AvgIpc) is 3.31. The molecular weight excluding hydrogens is 260 g/mol. The van der Waals surface area contributed by atoms with Crippen LogP contribution in [0, 0.1) is 6.92 Å². The maximum Gasteiger partial charge on any atom is 0.0445 e. The van der Waals surface area contributed by atoms with E-state index in [0.29, 0.717) is 6.04 Å². The van der Waals surface area contributed by atoms with Crippen molar-refractivity contribution in [3.05, 3.63) is 53.6 Å². The Morgan fingerprint density at radius 3 is 2.90 bits per heavy atom. The third-order valence-corrected chi connectivity index (χ3v) is 3.81. The molecule has 21 heavy (non-hydrogen) atoms. The summed E-state index contributed by atoms with van der Waals surface area (Å²) in [4.78, 5) is 10.9. The van der Waals surface area contributed by atoms with Crippen LogP contribution in [0.5, 0.6) is 0 Å². The fourth-order valence-electron chi connectivity index (χ4n) is 2.46. The van der Waals surface area contributed by atoms with Gasteiger partial charge in [0.15, 0.2) is 0 Å². The van der Waals surface area contributed by atoms with E-state index in [9.17, 15) is 0 Å². The molecule has 3 rings (SSSR count). The maximum absolute atomic E-state index is 4.45. The molecule has 0 aromatic carbocycles. The van der Waals surface area contributed by atoms with Gasteiger partial charge >= 0.3 is 0 Å². The van der Waals surface area contributed by atoms with Crippen LogP contribution in [0.1, 0.15) is 29.7 Å². The van der Waals surface area contributed by atoms with E-state index < -0.39 is 0 Å². The van der Waals surface area contributed by atoms with E-state index in [4.69, 9.17) is 0 Å². The van der Waals surface area contributed by atoms with Crippen molar-refractivity contribution in [3.8, 4) is 0 Å². The van der Waals surface area contributed by atoms with Crippen LogP contribution in [0.15, 0.2) is 36.8 Å². The van der Waals surface area contributed by atoms with E-state index in [-0.39, 0.29) is 0 Å². The zero-order valence-electron chi connectivity index (χ0n) is 12.7. The van der Waals surface area contributed by atoms with Gasteiger partial charge in [0, 0.05) is 61.7 Å². The monoisotopic (exact) mass is 282 g/mol. The molecule has 0 amide bonds. The lowest BCUT2D eigenvalue weighted by Crippen LogP contribution is -2.22. The summed E-state index contributed by atoms with van der Waals surface area (Å²) in [5, 5.41) is 3.57. The molecule has 1 saturated carbocycles. The first kappa shape index (κ1) is 14.0. The van der Waals surface area contributed by atoms with Gasteiger partial charge < -0.3 is 10.2 Å². The number of aryl methyl sites for hydroxylation is 1. The predicted octanol–water partition coefficient (Wildman–Crippen LogP) is 2.67. The normalized spacial score (nSPS) is 14.2. The van der Waals surface area contributed by atoms with Crippen molar-refractivity contribution in [2.24, 2.45) is 0 Å². The minimum atomic E-state index is 0.711. The van der Waals surface area contributed by atoms with E-state index in [1.807, 2.05) is 31.6 Å². The maximum atomic E-state index is 4.45. The highest BCUT2D eigenvalue weighted by molar-refractivity contribution is 5.53. The topological polar surface area (TPSA) is 41.1 Å². The van der Waals surface area contributed by atoms with Gasteiger partial charge in [-0.2, -0.15) is 0 Å². The number of nitrogens with zero attached hydrogens (tertiary/aromatic N) is 3. The van der Waals surface area contributed by atoms with Gasteiger partial charge in [0.2, 0.25) is 0 Å². The van der Waals surface area contributed by atoms with Crippen LogP contribution in [0.25, 0.3) is 0 Å². The van der Waals surface area contributed by atoms with Crippen LogP contribution in [-0.2, 0) is 13.1 Å². The summed E-state index contributed by atoms with van der Waals surface area (Å²) >= 11 is 0. The molecule has 2 aromatic heterocycles. The highest BCUT2D eigenvalue weighted by Gasteiger charge is 2.21. The molecule has 1 aliphatic carbocycles. The second kappa shape index (κ2) is 6.22. The van der Waals surface area contributed by atoms with Crippen LogP contribution < -0.4 is 10.2 Å². The molecule has 0 aliphatic heterocycles. The molecule has 2 aromatic rings. The van der Waals surface area contributed by atoms with Crippen molar-refractivity contribution in [1.29, 1.82) is 0 Å². The Labute approximate surface area is 126 Å². The van der Waals surface area contributed by atoms with Gasteiger partial charge in [0.25, 0.3) is 0 Å². The molecule has 0 atom stereocenters. The first-order valence-electron chi connectivity index (χ1n) is 7.51. The molecule has 0 spiro atoms. The van der Waals surface area contributed by atoms with Crippen LogP contribution in [0.2, 0.25) is 0 Å². The molecule has 0 unspecified atom stereocenters. The quantitative estimate of drug-likeness (QED) is 0.884. The van der Waals surface area contributed by atoms with Gasteiger partial charge in [-0.05, 0) is 37.5 Å². The smallest absolute Gasteiger partial charge is 0.0445 e. The van der Waals surface area contributed by atoms with Gasteiger partial charge in [0.05, 0.1) is 0 Å². The number of rotatable bonds is 6. The Balaban J connectivity index is 1.76. The van der Waals surface area contributed by atoms with E-state index in [2.05, 4.69) is 39.4 Å². The Morgan fingerprint density at radius 1 is 1.33 bits per heavy atom. The van der Waals surface area contributed by atoms with Crippen molar-refractivity contribution in [2.45, 2.75) is 38.9 Å². The molecule has 4 nitrogen and oxygen atoms in total. The van der Waals surface area contributed by atoms with Crippen molar-refractivity contribution < 1.29 is 0 Å². The third-order valence-electron chi connectivity index (χ3n) is 3.81. The summed E-state index contributed by atoms with van der Waals surface area (Å²) < 4.78 is 0. The number of anilines is 1. The first-order chi connectivity index (χ1) is 10.2. The number of hydrogen-bond donors (Lipinski definition) is 1. The molecule has 0 radical (unpaired) electrons. The van der Waals surface area contributed by atoms with Gasteiger partial charge in [0.1, 0.15) is 0 Å². The summed E-state index contributed by atoms with van der Waals surface area (Å²) in [6, 6.07) is 6.97. The summed E-state index contributed by atoms with van der Waals surface area (Å²) in [5.41, 5.74) is 4.78. The zero-order valence-corrected chi connectivity index (χ0v) is 12.7. The molecule has 110 valence electrons. The number of nitrogens with one attached hydrogen (secondary N) is 1. The minimum absolute atomic E-state index is 0.711. The second-order valence-electron chi connectivity index (χ2n) is 5.83.